The van der Waals surface area contributed by atoms with Crippen molar-refractivity contribution in [3.8, 4) is 16.9 Å². The first kappa shape index (κ1) is 20.9. The number of benzene rings is 2. The van der Waals surface area contributed by atoms with E-state index in [0.29, 0.717) is 0 Å². The van der Waals surface area contributed by atoms with Crippen molar-refractivity contribution in [2.45, 2.75) is 17.5 Å². The zero-order valence-corrected chi connectivity index (χ0v) is 15.4. The minimum atomic E-state index is -4.57. The van der Waals surface area contributed by atoms with Crippen molar-refractivity contribution in [2.75, 3.05) is 6.26 Å². The number of aromatic nitrogens is 2. The van der Waals surface area contributed by atoms with Crippen LogP contribution in [0.25, 0.3) is 16.9 Å². The highest BCUT2D eigenvalue weighted by Crippen LogP contribution is 2.33. The van der Waals surface area contributed by atoms with Crippen LogP contribution in [0.3, 0.4) is 0 Å². The molecule has 0 unspecified atom stereocenters. The molecule has 0 spiro atoms. The van der Waals surface area contributed by atoms with Crippen molar-refractivity contribution in [1.82, 2.24) is 9.78 Å². The van der Waals surface area contributed by atoms with Gasteiger partial charge in [0.05, 0.1) is 16.9 Å². The van der Waals surface area contributed by atoms with Crippen LogP contribution in [-0.2, 0) is 16.0 Å². The lowest BCUT2D eigenvalue weighted by Crippen LogP contribution is -2.06. The SMILES string of the molecule is CS(=O)(=O)c1ccc(-n2nc(C(F)F)cc2-c2ccc(C(F)(F)F)cc2)cc1F. The standard InChI is InChI=1S/C18H12F6N2O2S/c1-29(27,28)16-7-6-12(8-13(16)19)26-15(9-14(25-26)17(20)21)10-2-4-11(5-3-10)18(22,23)24/h2-9,17H,1H3. The molecule has 0 N–H and O–H groups in total. The Hall–Kier alpha value is -2.82. The average Bonchev–Trinajstić information content (AvgIpc) is 3.05. The fourth-order valence-corrected chi connectivity index (χ4v) is 3.39. The smallest absolute Gasteiger partial charge is 0.233 e. The quantitative estimate of drug-likeness (QED) is 0.541. The monoisotopic (exact) mass is 434 g/mol. The van der Waals surface area contributed by atoms with Gasteiger partial charge in [0.2, 0.25) is 0 Å². The van der Waals surface area contributed by atoms with Gasteiger partial charge in [-0.15, -0.1) is 0 Å². The highest BCUT2D eigenvalue weighted by Gasteiger charge is 2.30. The summed E-state index contributed by atoms with van der Waals surface area (Å²) in [6.07, 6.45) is -6.75. The minimum Gasteiger partial charge on any atom is -0.233 e. The Kier molecular flexibility index (Phi) is 5.20. The molecule has 3 aromatic rings. The maximum atomic E-state index is 14.2. The topological polar surface area (TPSA) is 52.0 Å². The van der Waals surface area contributed by atoms with Gasteiger partial charge in [0.15, 0.2) is 9.84 Å². The van der Waals surface area contributed by atoms with Crippen molar-refractivity contribution in [1.29, 1.82) is 0 Å². The number of hydrogen-bond acceptors (Lipinski definition) is 3. The predicted octanol–water partition coefficient (Wildman–Crippen LogP) is 5.04. The molecule has 0 aliphatic heterocycles. The van der Waals surface area contributed by atoms with Gasteiger partial charge in [-0.05, 0) is 30.3 Å². The number of nitrogens with zero attached hydrogens (tertiary/aromatic N) is 2. The molecule has 4 nitrogen and oxygen atoms in total. The predicted molar refractivity (Wildman–Crippen MR) is 92.0 cm³/mol. The summed E-state index contributed by atoms with van der Waals surface area (Å²) in [5, 5.41) is 3.69. The molecule has 0 amide bonds. The maximum Gasteiger partial charge on any atom is 0.416 e. The lowest BCUT2D eigenvalue weighted by Gasteiger charge is -2.11. The maximum absolute atomic E-state index is 14.2. The first-order chi connectivity index (χ1) is 13.4. The second-order valence-corrected chi connectivity index (χ2v) is 8.11. The molecular weight excluding hydrogens is 422 g/mol. The summed E-state index contributed by atoms with van der Waals surface area (Å²) in [6.45, 7) is 0. The van der Waals surface area contributed by atoms with Crippen molar-refractivity contribution >= 4 is 9.84 Å². The number of halogens is 6. The molecule has 0 atom stereocenters. The fourth-order valence-electron chi connectivity index (χ4n) is 2.66. The summed E-state index contributed by atoms with van der Waals surface area (Å²) in [6, 6.07) is 7.60. The van der Waals surface area contributed by atoms with E-state index in [4.69, 9.17) is 0 Å². The van der Waals surface area contributed by atoms with Gasteiger partial charge in [-0.3, -0.25) is 0 Å². The van der Waals surface area contributed by atoms with Gasteiger partial charge in [-0.2, -0.15) is 18.3 Å². The molecule has 1 heterocycles. The van der Waals surface area contributed by atoms with Crippen LogP contribution < -0.4 is 0 Å². The van der Waals surface area contributed by atoms with Gasteiger partial charge in [-0.1, -0.05) is 12.1 Å². The Bertz CT molecular complexity index is 1150. The first-order valence-electron chi connectivity index (χ1n) is 7.93. The Balaban J connectivity index is 2.14. The molecule has 2 aromatic carbocycles. The number of hydrogen-bond donors (Lipinski definition) is 0. The summed E-state index contributed by atoms with van der Waals surface area (Å²) in [5.41, 5.74) is -1.56. The average molecular weight is 434 g/mol. The molecule has 11 heteroatoms. The van der Waals surface area contributed by atoms with Gasteiger partial charge < -0.3 is 0 Å². The lowest BCUT2D eigenvalue weighted by molar-refractivity contribution is -0.137. The zero-order valence-electron chi connectivity index (χ0n) is 14.6. The van der Waals surface area contributed by atoms with E-state index < -0.39 is 44.4 Å². The lowest BCUT2D eigenvalue weighted by atomic mass is 10.1. The van der Waals surface area contributed by atoms with Gasteiger partial charge in [0.1, 0.15) is 16.4 Å². The third-order valence-electron chi connectivity index (χ3n) is 4.02. The summed E-state index contributed by atoms with van der Waals surface area (Å²) in [4.78, 5) is -0.585. The molecule has 154 valence electrons. The normalized spacial score (nSPS) is 12.6. The van der Waals surface area contributed by atoms with Crippen LogP contribution in [0.2, 0.25) is 0 Å². The Labute approximate surface area is 161 Å². The molecule has 0 bridgehead atoms. The highest BCUT2D eigenvalue weighted by atomic mass is 32.2. The summed E-state index contributed by atoms with van der Waals surface area (Å²) in [5.74, 6) is -1.11. The summed E-state index contributed by atoms with van der Waals surface area (Å²) in [7, 11) is -3.85. The molecular formula is C18H12F6N2O2S. The molecule has 0 aliphatic rings. The van der Waals surface area contributed by atoms with E-state index in [-0.39, 0.29) is 16.9 Å². The molecule has 3 rings (SSSR count). The van der Waals surface area contributed by atoms with Crippen LogP contribution >= 0.6 is 0 Å². The Morgan fingerprint density at radius 2 is 1.62 bits per heavy atom. The molecule has 0 saturated heterocycles. The molecule has 0 saturated carbocycles. The van der Waals surface area contributed by atoms with E-state index in [2.05, 4.69) is 5.10 Å². The molecule has 29 heavy (non-hydrogen) atoms. The number of rotatable bonds is 4. The van der Waals surface area contributed by atoms with Crippen molar-refractivity contribution in [3.05, 3.63) is 65.6 Å². The summed E-state index contributed by atoms with van der Waals surface area (Å²) >= 11 is 0. The molecule has 0 aliphatic carbocycles. The summed E-state index contributed by atoms with van der Waals surface area (Å²) < 4.78 is 103. The van der Waals surface area contributed by atoms with Gasteiger partial charge in [-0.25, -0.2) is 26.3 Å². The van der Waals surface area contributed by atoms with Gasteiger partial charge in [0.25, 0.3) is 6.43 Å². The number of alkyl halides is 5. The van der Waals surface area contributed by atoms with Crippen LogP contribution in [0.1, 0.15) is 17.7 Å². The van der Waals surface area contributed by atoms with Gasteiger partial charge in [0, 0.05) is 17.9 Å². The third-order valence-corrected chi connectivity index (χ3v) is 5.15. The Morgan fingerprint density at radius 3 is 2.10 bits per heavy atom. The van der Waals surface area contributed by atoms with E-state index in [9.17, 15) is 34.8 Å². The second-order valence-electron chi connectivity index (χ2n) is 6.13. The van der Waals surface area contributed by atoms with Crippen LogP contribution in [-0.4, -0.2) is 24.5 Å². The fraction of sp³-hybridized carbons (Fsp3) is 0.167. The van der Waals surface area contributed by atoms with E-state index in [0.717, 1.165) is 59.5 Å². The zero-order chi connectivity index (χ0) is 21.6. The highest BCUT2D eigenvalue weighted by molar-refractivity contribution is 7.90. The second kappa shape index (κ2) is 7.21. The van der Waals surface area contributed by atoms with Gasteiger partial charge >= 0.3 is 6.18 Å². The van der Waals surface area contributed by atoms with Crippen LogP contribution in [0.15, 0.2) is 53.4 Å². The molecule has 0 fully saturated rings. The van der Waals surface area contributed by atoms with Crippen LogP contribution in [0, 0.1) is 5.82 Å². The molecule has 0 radical (unpaired) electrons. The van der Waals surface area contributed by atoms with Crippen LogP contribution in [0.4, 0.5) is 26.3 Å². The van der Waals surface area contributed by atoms with Crippen LogP contribution in [0.5, 0.6) is 0 Å². The number of sulfone groups is 1. The van der Waals surface area contributed by atoms with Crippen molar-refractivity contribution in [2.24, 2.45) is 0 Å². The molecule has 1 aromatic heterocycles. The Morgan fingerprint density at radius 1 is 1.00 bits per heavy atom. The first-order valence-corrected chi connectivity index (χ1v) is 9.83. The largest absolute Gasteiger partial charge is 0.416 e. The van der Waals surface area contributed by atoms with E-state index in [1.807, 2.05) is 0 Å². The van der Waals surface area contributed by atoms with Crippen molar-refractivity contribution < 1.29 is 34.8 Å². The third kappa shape index (κ3) is 4.29. The van der Waals surface area contributed by atoms with E-state index >= 15 is 0 Å². The minimum absolute atomic E-state index is 0.0134. The van der Waals surface area contributed by atoms with E-state index in [1.54, 1.807) is 0 Å². The van der Waals surface area contributed by atoms with E-state index in [1.165, 1.54) is 0 Å². The van der Waals surface area contributed by atoms with Crippen molar-refractivity contribution in [3.63, 3.8) is 0 Å².